The maximum Gasteiger partial charge on any atom is 0.302 e. The number of rotatable bonds is 2. The molecule has 0 amide bonds. The Bertz CT molecular complexity index is 308. The Labute approximate surface area is 108 Å². The number of aryl methyl sites for hydroxylation is 2. The van der Waals surface area contributed by atoms with Gasteiger partial charge in [-0.05, 0) is 6.92 Å². The van der Waals surface area contributed by atoms with Crippen LogP contribution in [0.5, 0.6) is 0 Å². The number of aromatic nitrogens is 2. The topological polar surface area (TPSA) is 52.1 Å². The number of esters is 1. The van der Waals surface area contributed by atoms with E-state index < -0.39 is 0 Å². The first-order chi connectivity index (χ1) is 6.08. The minimum Gasteiger partial charge on any atom is -0.462 e. The fourth-order valence-electron chi connectivity index (χ4n) is 0.966. The second kappa shape index (κ2) is 6.20. The molecule has 0 atom stereocenters. The van der Waals surface area contributed by atoms with E-state index in [1.54, 1.807) is 6.92 Å². The van der Waals surface area contributed by atoms with Gasteiger partial charge in [0, 0.05) is 39.6 Å². The van der Waals surface area contributed by atoms with Crippen molar-refractivity contribution in [3.8, 4) is 0 Å². The molecule has 1 rings (SSSR count). The van der Waals surface area contributed by atoms with E-state index >= 15 is 0 Å². The van der Waals surface area contributed by atoms with Crippen LogP contribution >= 0.6 is 0 Å². The molecule has 0 aromatic carbocycles. The zero-order valence-electron chi connectivity index (χ0n) is 8.50. The molecule has 0 saturated carbocycles. The quantitative estimate of drug-likeness (QED) is 0.592. The monoisotopic (exact) mass is 268 g/mol. The molecule has 0 N–H and O–H groups in total. The number of carbonyl (C=O) groups is 1. The Kier molecular flexibility index (Phi) is 6.04. The number of nitrogens with zero attached hydrogens (tertiary/aromatic N) is 2. The molecule has 4 nitrogen and oxygen atoms in total. The summed E-state index contributed by atoms with van der Waals surface area (Å²) in [5, 5.41) is 0. The van der Waals surface area contributed by atoms with Gasteiger partial charge in [-0.3, -0.25) is 14.8 Å². The van der Waals surface area contributed by atoms with Gasteiger partial charge in [-0.1, -0.05) is 12.6 Å². The van der Waals surface area contributed by atoms with E-state index in [1.807, 2.05) is 6.92 Å². The summed E-state index contributed by atoms with van der Waals surface area (Å²) in [5.41, 5.74) is 1.37. The summed E-state index contributed by atoms with van der Waals surface area (Å²) in [6.07, 6.45) is 0. The summed E-state index contributed by atoms with van der Waals surface area (Å²) < 4.78 is 4.78. The second-order valence-corrected chi connectivity index (χ2v) is 2.71. The summed E-state index contributed by atoms with van der Waals surface area (Å²) in [6.45, 7) is 5.14. The first-order valence-electron chi connectivity index (χ1n) is 3.94. The largest absolute Gasteiger partial charge is 0.462 e. The molecule has 0 aliphatic rings. The van der Waals surface area contributed by atoms with Crippen LogP contribution < -0.4 is 0 Å². The number of hydrogen-bond acceptors (Lipinski definition) is 4. The van der Waals surface area contributed by atoms with Gasteiger partial charge < -0.3 is 10.8 Å². The fourth-order valence-corrected chi connectivity index (χ4v) is 0.966. The fraction of sp³-hybridized carbons (Fsp3) is 0.444. The van der Waals surface area contributed by atoms with Crippen LogP contribution in [0.4, 0.5) is 0 Å². The van der Waals surface area contributed by atoms with Crippen molar-refractivity contribution in [2.45, 2.75) is 27.4 Å². The summed E-state index contributed by atoms with van der Waals surface area (Å²) in [7, 11) is 0. The molecule has 1 aromatic rings. The van der Waals surface area contributed by atoms with Crippen molar-refractivity contribution < 1.29 is 42.2 Å². The van der Waals surface area contributed by atoms with Crippen LogP contribution in [0, 0.1) is 19.9 Å². The molecule has 0 bridgehead atoms. The molecule has 0 saturated heterocycles. The number of ether oxygens (including phenoxy) is 1. The van der Waals surface area contributed by atoms with E-state index in [-0.39, 0.29) is 45.3 Å². The van der Waals surface area contributed by atoms with Crippen LogP contribution in [-0.4, -0.2) is 15.9 Å². The van der Waals surface area contributed by atoms with E-state index in [0.717, 1.165) is 5.69 Å². The molecular weight excluding hydrogens is 257 g/mol. The molecule has 1 radical (unpaired) electrons. The average molecular weight is 268 g/mol. The Morgan fingerprint density at radius 1 is 1.43 bits per heavy atom. The number of carbonyl (C=O) groups excluding carboxylic acids is 1. The van der Waals surface area contributed by atoms with E-state index in [2.05, 4.69) is 16.0 Å². The first kappa shape index (κ1) is 13.7. The zero-order valence-corrected chi connectivity index (χ0v) is 11.3. The van der Waals surface area contributed by atoms with E-state index in [1.165, 1.54) is 6.92 Å². The maximum atomic E-state index is 10.5. The predicted molar refractivity (Wildman–Crippen MR) is 45.8 cm³/mol. The summed E-state index contributed by atoms with van der Waals surface area (Å²) in [5.74, 6) is 0.348. The average Bonchev–Trinajstić information content (AvgIpc) is 1.99. The van der Waals surface area contributed by atoms with Crippen molar-refractivity contribution in [2.75, 3.05) is 0 Å². The van der Waals surface area contributed by atoms with Gasteiger partial charge in [0.2, 0.25) is 0 Å². The van der Waals surface area contributed by atoms with Crippen molar-refractivity contribution in [1.29, 1.82) is 0 Å². The van der Waals surface area contributed by atoms with E-state index in [9.17, 15) is 4.79 Å². The van der Waals surface area contributed by atoms with Gasteiger partial charge in [-0.25, -0.2) is 0 Å². The third kappa shape index (κ3) is 4.77. The van der Waals surface area contributed by atoms with Crippen LogP contribution in [0.15, 0.2) is 0 Å². The molecule has 14 heavy (non-hydrogen) atoms. The summed E-state index contributed by atoms with van der Waals surface area (Å²) in [6, 6.07) is 2.90. The van der Waals surface area contributed by atoms with E-state index in [0.29, 0.717) is 11.5 Å². The molecule has 1 heterocycles. The SMILES string of the molecule is CC(=O)OCc1[c-]c(C)nc(C)n1.[Y]. The van der Waals surface area contributed by atoms with Crippen molar-refractivity contribution in [1.82, 2.24) is 9.97 Å². The molecule has 73 valence electrons. The zero-order chi connectivity index (χ0) is 9.84. The van der Waals surface area contributed by atoms with Crippen LogP contribution in [0.25, 0.3) is 0 Å². The third-order valence-electron chi connectivity index (χ3n) is 1.36. The molecule has 0 unspecified atom stereocenters. The van der Waals surface area contributed by atoms with Gasteiger partial charge in [-0.15, -0.1) is 5.69 Å². The van der Waals surface area contributed by atoms with Gasteiger partial charge in [0.05, 0.1) is 0 Å². The predicted octanol–water partition coefficient (Wildman–Crippen LogP) is 0.954. The standard InChI is InChI=1S/C9H11N2O2.Y/c1-6-4-9(5-13-8(3)12)11-7(2)10-6;/h5H2,1-3H3;/q-1;. The van der Waals surface area contributed by atoms with Crippen LogP contribution in [0.2, 0.25) is 0 Å². The summed E-state index contributed by atoms with van der Waals surface area (Å²) >= 11 is 0. The number of hydrogen-bond donors (Lipinski definition) is 0. The normalized spacial score (nSPS) is 9.07. The van der Waals surface area contributed by atoms with Gasteiger partial charge in [0.1, 0.15) is 12.4 Å². The van der Waals surface area contributed by atoms with Crippen LogP contribution in [0.1, 0.15) is 24.1 Å². The molecule has 5 heteroatoms. The van der Waals surface area contributed by atoms with Crippen molar-refractivity contribution in [3.63, 3.8) is 0 Å². The van der Waals surface area contributed by atoms with Crippen molar-refractivity contribution >= 4 is 5.97 Å². The van der Waals surface area contributed by atoms with Crippen LogP contribution in [-0.2, 0) is 48.8 Å². The summed E-state index contributed by atoms with van der Waals surface area (Å²) in [4.78, 5) is 18.6. The van der Waals surface area contributed by atoms with Gasteiger partial charge in [-0.2, -0.15) is 0 Å². The second-order valence-electron chi connectivity index (χ2n) is 2.71. The third-order valence-corrected chi connectivity index (χ3v) is 1.36. The van der Waals surface area contributed by atoms with E-state index in [4.69, 9.17) is 4.74 Å². The smallest absolute Gasteiger partial charge is 0.302 e. The Morgan fingerprint density at radius 3 is 2.57 bits per heavy atom. The molecule has 1 aromatic heterocycles. The van der Waals surface area contributed by atoms with Crippen LogP contribution in [0.3, 0.4) is 0 Å². The van der Waals surface area contributed by atoms with Gasteiger partial charge in [0.15, 0.2) is 0 Å². The Hall–Kier alpha value is -0.346. The molecular formula is C9H11N2O2Y-. The van der Waals surface area contributed by atoms with Crippen molar-refractivity contribution in [3.05, 3.63) is 23.3 Å². The Balaban J connectivity index is 0.00000169. The van der Waals surface area contributed by atoms with Gasteiger partial charge in [0.25, 0.3) is 0 Å². The molecule has 0 spiro atoms. The Morgan fingerprint density at radius 2 is 2.07 bits per heavy atom. The molecule has 0 aliphatic carbocycles. The first-order valence-corrected chi connectivity index (χ1v) is 3.94. The van der Waals surface area contributed by atoms with Gasteiger partial charge >= 0.3 is 5.97 Å². The molecule has 0 aliphatic heterocycles. The molecule has 0 fully saturated rings. The maximum absolute atomic E-state index is 10.5. The van der Waals surface area contributed by atoms with Crippen molar-refractivity contribution in [2.24, 2.45) is 0 Å². The minimum absolute atomic E-state index is 0. The minimum atomic E-state index is -0.317.